The van der Waals surface area contributed by atoms with Crippen LogP contribution in [0, 0.1) is 0 Å². The molecule has 0 saturated carbocycles. The van der Waals surface area contributed by atoms with Crippen LogP contribution in [-0.4, -0.2) is 65.7 Å². The zero-order valence-electron chi connectivity index (χ0n) is 16.5. The summed E-state index contributed by atoms with van der Waals surface area (Å²) in [6, 6.07) is 4.91. The molecule has 1 radical (unpaired) electrons. The van der Waals surface area contributed by atoms with Crippen LogP contribution in [-0.2, 0) is 35.2 Å². The summed E-state index contributed by atoms with van der Waals surface area (Å²) in [4.78, 5) is 69.2. The van der Waals surface area contributed by atoms with Gasteiger partial charge in [-0.25, -0.2) is 0 Å². The molecule has 0 fully saturated rings. The largest absolute Gasteiger partial charge is 0.481 e. The topological polar surface area (TPSA) is 211 Å². The van der Waals surface area contributed by atoms with Crippen molar-refractivity contribution in [2.45, 2.75) is 37.4 Å². The van der Waals surface area contributed by atoms with Gasteiger partial charge in [0.2, 0.25) is 29.9 Å². The van der Waals surface area contributed by atoms with Crippen LogP contribution >= 0.6 is 0 Å². The Balaban J connectivity index is 2.67. The van der Waals surface area contributed by atoms with E-state index in [-0.39, 0.29) is 6.42 Å². The quantitative estimate of drug-likeness (QED) is 0.189. The molecule has 0 bridgehead atoms. The summed E-state index contributed by atoms with van der Waals surface area (Å²) in [5.74, 6) is -4.79. The minimum atomic E-state index is -1.51. The van der Waals surface area contributed by atoms with Gasteiger partial charge in [0.1, 0.15) is 6.04 Å². The Morgan fingerprint density at radius 2 is 1.65 bits per heavy atom. The Labute approximate surface area is 177 Å². The van der Waals surface area contributed by atoms with Gasteiger partial charge in [-0.1, -0.05) is 30.3 Å². The molecule has 12 nitrogen and oxygen atoms in total. The van der Waals surface area contributed by atoms with Crippen LogP contribution in [0.5, 0.6) is 0 Å². The molecular weight excluding hydrogens is 410 g/mol. The van der Waals surface area contributed by atoms with E-state index in [4.69, 9.17) is 16.6 Å². The van der Waals surface area contributed by atoms with Gasteiger partial charge in [0, 0.05) is 6.42 Å². The second-order valence-corrected chi connectivity index (χ2v) is 6.58. The molecule has 12 heteroatoms. The number of aliphatic carboxylic acids is 1. The highest BCUT2D eigenvalue weighted by atomic mass is 16.4. The lowest BCUT2D eigenvalue weighted by Gasteiger charge is -2.20. The highest BCUT2D eigenvalue weighted by Crippen LogP contribution is 2.03. The molecule has 0 spiro atoms. The summed E-state index contributed by atoms with van der Waals surface area (Å²) in [6.45, 7) is -0.623. The molecule has 4 amide bonds. The molecule has 1 rings (SSSR count). The van der Waals surface area contributed by atoms with Crippen molar-refractivity contribution < 1.29 is 33.9 Å². The summed E-state index contributed by atoms with van der Waals surface area (Å²) >= 11 is 0. The van der Waals surface area contributed by atoms with Crippen molar-refractivity contribution in [3.05, 3.63) is 35.9 Å². The van der Waals surface area contributed by atoms with Gasteiger partial charge in [-0.2, -0.15) is 0 Å². The van der Waals surface area contributed by atoms with E-state index in [1.165, 1.54) is 0 Å². The van der Waals surface area contributed by atoms with E-state index >= 15 is 0 Å². The maximum Gasteiger partial charge on any atom is 0.305 e. The lowest BCUT2D eigenvalue weighted by Crippen LogP contribution is -2.53. The van der Waals surface area contributed by atoms with Crippen molar-refractivity contribution in [2.24, 2.45) is 11.5 Å². The maximum atomic E-state index is 12.4. The molecule has 1 aromatic rings. The fourth-order valence-corrected chi connectivity index (χ4v) is 2.48. The van der Waals surface area contributed by atoms with Crippen LogP contribution in [0.2, 0.25) is 0 Å². The van der Waals surface area contributed by atoms with Gasteiger partial charge >= 0.3 is 5.97 Å². The number of carboxylic acid groups (broad SMARTS) is 1. The molecule has 1 aromatic carbocycles. The predicted octanol–water partition coefficient (Wildman–Crippen LogP) is -2.90. The highest BCUT2D eigenvalue weighted by Gasteiger charge is 2.26. The van der Waals surface area contributed by atoms with Gasteiger partial charge in [-0.05, 0) is 5.56 Å². The van der Waals surface area contributed by atoms with Gasteiger partial charge in [-0.15, -0.1) is 0 Å². The second kappa shape index (κ2) is 12.7. The number of hydrogen-bond donors (Lipinski definition) is 6. The number of carbonyl (C=O) groups is 5. The van der Waals surface area contributed by atoms with Crippen LogP contribution in [0.25, 0.3) is 0 Å². The third kappa shape index (κ3) is 9.99. The highest BCUT2D eigenvalue weighted by molar-refractivity contribution is 5.94. The molecule has 3 atom stereocenters. The number of amides is 4. The number of nitrogens with two attached hydrogens (primary N) is 2. The van der Waals surface area contributed by atoms with Gasteiger partial charge in [0.05, 0.1) is 31.5 Å². The Morgan fingerprint density at radius 3 is 2.19 bits per heavy atom. The summed E-state index contributed by atoms with van der Waals surface area (Å²) in [7, 11) is 0. The van der Waals surface area contributed by atoms with E-state index in [1.54, 1.807) is 36.6 Å². The van der Waals surface area contributed by atoms with Crippen LogP contribution in [0.4, 0.5) is 0 Å². The minimum absolute atomic E-state index is 0.123. The van der Waals surface area contributed by atoms with E-state index in [9.17, 15) is 28.8 Å². The van der Waals surface area contributed by atoms with Crippen LogP contribution in [0.1, 0.15) is 18.4 Å². The van der Waals surface area contributed by atoms with Crippen LogP contribution in [0.3, 0.4) is 0 Å². The average Bonchev–Trinajstić information content (AvgIpc) is 2.70. The van der Waals surface area contributed by atoms with Crippen LogP contribution < -0.4 is 27.4 Å². The summed E-state index contributed by atoms with van der Waals surface area (Å²) < 4.78 is 0. The zero-order valence-corrected chi connectivity index (χ0v) is 16.5. The molecule has 0 aliphatic rings. The first kappa shape index (κ1) is 25.2. The van der Waals surface area contributed by atoms with E-state index in [2.05, 4.69) is 16.0 Å². The molecule has 167 valence electrons. The fraction of sp³-hybridized carbons (Fsp3) is 0.368. The minimum Gasteiger partial charge on any atom is -0.481 e. The van der Waals surface area contributed by atoms with Gasteiger partial charge in [-0.3, -0.25) is 28.8 Å². The van der Waals surface area contributed by atoms with Gasteiger partial charge in [0.15, 0.2) is 0 Å². The number of rotatable bonds is 13. The van der Waals surface area contributed by atoms with Crippen molar-refractivity contribution in [1.82, 2.24) is 16.0 Å². The first-order chi connectivity index (χ1) is 14.6. The molecule has 0 heterocycles. The molecule has 0 unspecified atom stereocenters. The van der Waals surface area contributed by atoms with E-state index in [1.807, 2.05) is 0 Å². The van der Waals surface area contributed by atoms with E-state index in [0.29, 0.717) is 0 Å². The number of primary amides is 1. The molecule has 31 heavy (non-hydrogen) atoms. The first-order valence-corrected chi connectivity index (χ1v) is 9.17. The smallest absolute Gasteiger partial charge is 0.305 e. The van der Waals surface area contributed by atoms with Crippen molar-refractivity contribution in [3.63, 3.8) is 0 Å². The third-order valence-electron chi connectivity index (χ3n) is 3.95. The molecular formula is C19H24N5O7. The van der Waals surface area contributed by atoms with Crippen molar-refractivity contribution in [2.75, 3.05) is 6.54 Å². The first-order valence-electron chi connectivity index (χ1n) is 9.17. The average molecular weight is 434 g/mol. The van der Waals surface area contributed by atoms with Crippen molar-refractivity contribution in [3.8, 4) is 0 Å². The third-order valence-corrected chi connectivity index (χ3v) is 3.95. The maximum absolute atomic E-state index is 12.4. The van der Waals surface area contributed by atoms with E-state index < -0.39 is 67.1 Å². The number of benzene rings is 1. The van der Waals surface area contributed by atoms with Gasteiger partial charge in [0.25, 0.3) is 0 Å². The molecule has 0 aromatic heterocycles. The van der Waals surface area contributed by atoms with Crippen molar-refractivity contribution >= 4 is 35.9 Å². The molecule has 8 N–H and O–H groups in total. The predicted molar refractivity (Wildman–Crippen MR) is 107 cm³/mol. The number of nitrogens with one attached hydrogen (secondary N) is 3. The SMILES string of the molecule is NC(=O)C[C@H](N)C(=O)NCC(=O)N[C@@H](CC(=O)O)C(=O)N[C@H]([C]=O)Cc1ccccc1. The monoisotopic (exact) mass is 434 g/mol. The summed E-state index contributed by atoms with van der Waals surface area (Å²) in [5, 5.41) is 15.7. The lowest BCUT2D eigenvalue weighted by atomic mass is 10.1. The Hall–Kier alpha value is -3.80. The lowest BCUT2D eigenvalue weighted by molar-refractivity contribution is -0.140. The number of carbonyl (C=O) groups excluding carboxylic acids is 5. The Morgan fingerprint density at radius 1 is 1.00 bits per heavy atom. The summed E-state index contributed by atoms with van der Waals surface area (Å²) in [5.41, 5.74) is 11.1. The number of hydrogen-bond acceptors (Lipinski definition) is 7. The molecule has 0 aliphatic carbocycles. The second-order valence-electron chi connectivity index (χ2n) is 6.58. The van der Waals surface area contributed by atoms with Crippen molar-refractivity contribution in [1.29, 1.82) is 0 Å². The van der Waals surface area contributed by atoms with E-state index in [0.717, 1.165) is 5.56 Å². The Kier molecular flexibility index (Phi) is 10.3. The normalized spacial score (nSPS) is 13.2. The van der Waals surface area contributed by atoms with Crippen LogP contribution in [0.15, 0.2) is 30.3 Å². The Bertz CT molecular complexity index is 815. The fourth-order valence-electron chi connectivity index (χ4n) is 2.48. The van der Waals surface area contributed by atoms with Gasteiger partial charge < -0.3 is 32.5 Å². The summed E-state index contributed by atoms with van der Waals surface area (Å²) in [6.07, 6.45) is 0.595. The standard InChI is InChI=1S/C19H24N5O7/c20-13(7-15(21)26)18(30)22-9-16(27)24-14(8-17(28)29)19(31)23-12(10-25)6-11-4-2-1-3-5-11/h1-5,12-14H,6-9,20H2,(H2,21,26)(H,22,30)(H,23,31)(H,24,27)(H,28,29)/t12-,13-,14-/m0/s1. The number of carboxylic acids is 1. The zero-order chi connectivity index (χ0) is 23.4. The molecule has 0 saturated heterocycles. The molecule has 0 aliphatic heterocycles.